The van der Waals surface area contributed by atoms with Gasteiger partial charge in [-0.2, -0.15) is 0 Å². The van der Waals surface area contributed by atoms with Gasteiger partial charge in [-0.05, 0) is 50.1 Å². The molecule has 8 heteroatoms. The molecule has 1 unspecified atom stereocenters. The molecule has 1 aliphatic rings. The lowest BCUT2D eigenvalue weighted by molar-refractivity contribution is 0.0517. The van der Waals surface area contributed by atoms with Gasteiger partial charge in [0.2, 0.25) is 0 Å². The molecule has 0 bridgehead atoms. The van der Waals surface area contributed by atoms with Gasteiger partial charge in [-0.25, -0.2) is 17.2 Å². The summed E-state index contributed by atoms with van der Waals surface area (Å²) in [5.41, 5.74) is 0.766. The number of ketones is 1. The molecule has 4 rings (SSSR count). The zero-order valence-corrected chi connectivity index (χ0v) is 17.4. The summed E-state index contributed by atoms with van der Waals surface area (Å²) in [5, 5.41) is 0. The smallest absolute Gasteiger partial charge is 0.356 e. The fourth-order valence-electron chi connectivity index (χ4n) is 4.03. The topological polar surface area (TPSA) is 95.6 Å². The van der Waals surface area contributed by atoms with E-state index in [1.807, 2.05) is 0 Å². The second-order valence-electron chi connectivity index (χ2n) is 7.14. The van der Waals surface area contributed by atoms with Crippen LogP contribution in [-0.2, 0) is 21.2 Å². The minimum Gasteiger partial charge on any atom is -0.469 e. The highest BCUT2D eigenvalue weighted by molar-refractivity contribution is 7.90. The average molecular weight is 427 g/mol. The third kappa shape index (κ3) is 3.17. The van der Waals surface area contributed by atoms with E-state index in [0.717, 1.165) is 3.97 Å². The predicted octanol–water partition coefficient (Wildman–Crippen LogP) is 3.72. The molecule has 0 radical (unpaired) electrons. The Morgan fingerprint density at radius 3 is 2.53 bits per heavy atom. The van der Waals surface area contributed by atoms with Crippen LogP contribution in [-0.4, -0.2) is 30.7 Å². The predicted molar refractivity (Wildman–Crippen MR) is 108 cm³/mol. The summed E-state index contributed by atoms with van der Waals surface area (Å²) in [7, 11) is -4.14. The van der Waals surface area contributed by atoms with E-state index in [-0.39, 0.29) is 53.0 Å². The Morgan fingerprint density at radius 2 is 1.90 bits per heavy atom. The highest BCUT2D eigenvalue weighted by Gasteiger charge is 2.39. The molecule has 2 aromatic heterocycles. The Hall–Kier alpha value is -3.13. The van der Waals surface area contributed by atoms with Gasteiger partial charge in [-0.15, -0.1) is 0 Å². The fraction of sp³-hybridized carbons (Fsp3) is 0.273. The van der Waals surface area contributed by atoms with Crippen molar-refractivity contribution in [2.75, 3.05) is 6.61 Å². The van der Waals surface area contributed by atoms with E-state index in [4.69, 9.17) is 9.15 Å². The van der Waals surface area contributed by atoms with Crippen molar-refractivity contribution in [1.29, 1.82) is 0 Å². The molecule has 156 valence electrons. The molecule has 1 atom stereocenters. The minimum absolute atomic E-state index is 0.0286. The second kappa shape index (κ2) is 7.60. The number of rotatable bonds is 5. The van der Waals surface area contributed by atoms with Crippen LogP contribution in [0.3, 0.4) is 0 Å². The summed E-state index contributed by atoms with van der Waals surface area (Å²) in [4.78, 5) is 25.8. The molecule has 0 fully saturated rings. The van der Waals surface area contributed by atoms with Crippen molar-refractivity contribution in [2.24, 2.45) is 0 Å². The summed E-state index contributed by atoms with van der Waals surface area (Å²) in [5.74, 6) is -0.697. The maximum Gasteiger partial charge on any atom is 0.356 e. The first-order chi connectivity index (χ1) is 14.4. The quantitative estimate of drug-likeness (QED) is 0.576. The number of carbonyl (C=O) groups excluding carboxylic acids is 2. The minimum atomic E-state index is -4.14. The summed E-state index contributed by atoms with van der Waals surface area (Å²) >= 11 is 0. The van der Waals surface area contributed by atoms with Gasteiger partial charge in [0.25, 0.3) is 10.0 Å². The van der Waals surface area contributed by atoms with Crippen LogP contribution in [0.25, 0.3) is 0 Å². The maximum absolute atomic E-state index is 13.6. The van der Waals surface area contributed by atoms with Gasteiger partial charge in [-0.3, -0.25) is 4.79 Å². The molecule has 0 spiro atoms. The number of ether oxygens (including phenoxy) is 1. The number of esters is 1. The average Bonchev–Trinajstić information content (AvgIpc) is 3.36. The Morgan fingerprint density at radius 1 is 1.17 bits per heavy atom. The fourth-order valence-corrected chi connectivity index (χ4v) is 5.65. The van der Waals surface area contributed by atoms with Gasteiger partial charge < -0.3 is 9.15 Å². The molecule has 0 saturated heterocycles. The zero-order chi connectivity index (χ0) is 21.5. The lowest BCUT2D eigenvalue weighted by atomic mass is 9.84. The van der Waals surface area contributed by atoms with Crippen LogP contribution in [0.5, 0.6) is 0 Å². The van der Waals surface area contributed by atoms with Crippen LogP contribution in [0.4, 0.5) is 0 Å². The molecule has 0 amide bonds. The van der Waals surface area contributed by atoms with Crippen molar-refractivity contribution < 1.29 is 27.2 Å². The van der Waals surface area contributed by atoms with Crippen molar-refractivity contribution in [3.63, 3.8) is 0 Å². The van der Waals surface area contributed by atoms with Crippen molar-refractivity contribution in [2.45, 2.75) is 37.5 Å². The lowest BCUT2D eigenvalue weighted by Crippen LogP contribution is -2.25. The highest BCUT2D eigenvalue weighted by atomic mass is 32.2. The highest BCUT2D eigenvalue weighted by Crippen LogP contribution is 2.39. The number of hydrogen-bond acceptors (Lipinski definition) is 6. The van der Waals surface area contributed by atoms with E-state index in [1.165, 1.54) is 18.4 Å². The SMILES string of the molecule is CCOC(=O)c1c(C)c2c(n1S(=O)(=O)c1ccccc1)CC(c1ccco1)CC2=O. The third-order valence-corrected chi connectivity index (χ3v) is 7.06. The van der Waals surface area contributed by atoms with Crippen molar-refractivity contribution >= 4 is 21.8 Å². The van der Waals surface area contributed by atoms with Crippen molar-refractivity contribution in [3.05, 3.63) is 77.0 Å². The number of Topliss-reactive ketones (excluding diaryl/α,β-unsaturated/α-hetero) is 1. The molecule has 1 aliphatic carbocycles. The molecule has 7 nitrogen and oxygen atoms in total. The van der Waals surface area contributed by atoms with Crippen molar-refractivity contribution in [3.8, 4) is 0 Å². The van der Waals surface area contributed by atoms with Gasteiger partial charge in [0, 0.05) is 23.6 Å². The van der Waals surface area contributed by atoms with Crippen LogP contribution in [0, 0.1) is 6.92 Å². The summed E-state index contributed by atoms with van der Waals surface area (Å²) in [6.45, 7) is 3.32. The number of aromatic nitrogens is 1. The molecule has 0 N–H and O–H groups in total. The molecule has 1 aromatic carbocycles. The molecule has 3 aromatic rings. The number of benzene rings is 1. The van der Waals surface area contributed by atoms with Gasteiger partial charge in [0.1, 0.15) is 11.5 Å². The van der Waals surface area contributed by atoms with E-state index in [0.29, 0.717) is 11.3 Å². The van der Waals surface area contributed by atoms with Gasteiger partial charge in [0.05, 0.1) is 17.8 Å². The maximum atomic E-state index is 13.6. The first-order valence-electron chi connectivity index (χ1n) is 9.64. The van der Waals surface area contributed by atoms with Crippen LogP contribution in [0.1, 0.15) is 57.1 Å². The van der Waals surface area contributed by atoms with Crippen LogP contribution < -0.4 is 0 Å². The van der Waals surface area contributed by atoms with Crippen LogP contribution in [0.2, 0.25) is 0 Å². The molecule has 30 heavy (non-hydrogen) atoms. The van der Waals surface area contributed by atoms with Gasteiger partial charge >= 0.3 is 5.97 Å². The van der Waals surface area contributed by atoms with Crippen LogP contribution in [0.15, 0.2) is 58.0 Å². The standard InChI is InChI=1S/C22H21NO6S/c1-3-28-22(25)21-14(2)20-17(12-15(13-18(20)24)19-10-7-11-29-19)23(21)30(26,27)16-8-5-4-6-9-16/h4-11,15H,3,12-13H2,1-2H3. The van der Waals surface area contributed by atoms with E-state index in [1.54, 1.807) is 44.2 Å². The Bertz CT molecular complexity index is 1210. The van der Waals surface area contributed by atoms with E-state index >= 15 is 0 Å². The Labute approximate surface area is 174 Å². The number of carbonyl (C=O) groups is 2. The first kappa shape index (κ1) is 20.2. The van der Waals surface area contributed by atoms with Gasteiger partial charge in [0.15, 0.2) is 5.78 Å². The normalized spacial score (nSPS) is 16.3. The van der Waals surface area contributed by atoms with Gasteiger partial charge in [-0.1, -0.05) is 18.2 Å². The second-order valence-corrected chi connectivity index (χ2v) is 8.93. The monoisotopic (exact) mass is 427 g/mol. The number of fused-ring (bicyclic) bond motifs is 1. The summed E-state index contributed by atoms with van der Waals surface area (Å²) < 4.78 is 38.7. The molecular formula is C22H21NO6S. The number of nitrogens with zero attached hydrogens (tertiary/aromatic N) is 1. The van der Waals surface area contributed by atoms with E-state index in [9.17, 15) is 18.0 Å². The summed E-state index contributed by atoms with van der Waals surface area (Å²) in [6, 6.07) is 11.3. The molecule has 2 heterocycles. The van der Waals surface area contributed by atoms with Crippen molar-refractivity contribution in [1.82, 2.24) is 3.97 Å². The Balaban J connectivity index is 1.98. The first-order valence-corrected chi connectivity index (χ1v) is 11.1. The van der Waals surface area contributed by atoms with E-state index < -0.39 is 16.0 Å². The molecule has 0 saturated carbocycles. The summed E-state index contributed by atoms with van der Waals surface area (Å²) in [6.07, 6.45) is 1.95. The van der Waals surface area contributed by atoms with Crippen LogP contribution >= 0.6 is 0 Å². The Kier molecular flexibility index (Phi) is 5.11. The van der Waals surface area contributed by atoms with E-state index in [2.05, 4.69) is 0 Å². The molecular weight excluding hydrogens is 406 g/mol. The lowest BCUT2D eigenvalue weighted by Gasteiger charge is -2.22. The zero-order valence-electron chi connectivity index (χ0n) is 16.6. The third-order valence-electron chi connectivity index (χ3n) is 5.31. The molecule has 0 aliphatic heterocycles. The number of hydrogen-bond donors (Lipinski definition) is 0. The largest absolute Gasteiger partial charge is 0.469 e. The number of furan rings is 1.